The largest absolute Gasteiger partial charge is 0.486 e. The highest BCUT2D eigenvalue weighted by molar-refractivity contribution is 5.38. The summed E-state index contributed by atoms with van der Waals surface area (Å²) in [5.74, 6) is -1.94. The Morgan fingerprint density at radius 1 is 1.00 bits per heavy atom. The Kier molecular flexibility index (Phi) is 7.60. The summed E-state index contributed by atoms with van der Waals surface area (Å²) in [5.41, 5.74) is 1.86. The predicted octanol–water partition coefficient (Wildman–Crippen LogP) is 6.26. The number of halogens is 2. The molecule has 0 spiro atoms. The molecule has 0 unspecified atom stereocenters. The van der Waals surface area contributed by atoms with Crippen molar-refractivity contribution in [1.29, 1.82) is 5.26 Å². The average molecular weight is 399 g/mol. The van der Waals surface area contributed by atoms with Gasteiger partial charge in [-0.05, 0) is 61.3 Å². The molecule has 154 valence electrons. The first-order valence-electron chi connectivity index (χ1n) is 10.3. The Morgan fingerprint density at radius 2 is 1.72 bits per heavy atom. The number of rotatable bonds is 8. The van der Waals surface area contributed by atoms with Crippen molar-refractivity contribution in [2.45, 2.75) is 64.1 Å². The Balaban J connectivity index is 1.51. The number of benzene rings is 2. The summed E-state index contributed by atoms with van der Waals surface area (Å²) in [4.78, 5) is 0. The van der Waals surface area contributed by atoms with Gasteiger partial charge in [-0.2, -0.15) is 9.65 Å². The van der Waals surface area contributed by atoms with Crippen LogP contribution >= 0.6 is 0 Å². The molecule has 2 aromatic carbocycles. The summed E-state index contributed by atoms with van der Waals surface area (Å²) in [6, 6.07) is 12.2. The molecule has 0 aliphatic heterocycles. The Hall–Kier alpha value is -2.45. The molecule has 29 heavy (non-hydrogen) atoms. The van der Waals surface area contributed by atoms with Gasteiger partial charge in [0.05, 0.1) is 11.7 Å². The molecule has 2 aromatic rings. The zero-order chi connectivity index (χ0) is 20.6. The van der Waals surface area contributed by atoms with E-state index in [1.54, 1.807) is 6.07 Å². The van der Waals surface area contributed by atoms with E-state index in [0.717, 1.165) is 50.7 Å². The van der Waals surface area contributed by atoms with E-state index in [2.05, 4.69) is 19.1 Å². The van der Waals surface area contributed by atoms with Crippen molar-refractivity contribution in [3.05, 3.63) is 64.7 Å². The first-order valence-corrected chi connectivity index (χ1v) is 10.3. The molecule has 1 saturated carbocycles. The van der Waals surface area contributed by atoms with Crippen LogP contribution in [0.25, 0.3) is 0 Å². The van der Waals surface area contributed by atoms with Gasteiger partial charge in [0.25, 0.3) is 0 Å². The van der Waals surface area contributed by atoms with E-state index in [1.165, 1.54) is 17.7 Å². The van der Waals surface area contributed by atoms with E-state index in [1.807, 2.05) is 12.1 Å². The van der Waals surface area contributed by atoms with E-state index in [0.29, 0.717) is 12.0 Å². The maximum atomic E-state index is 13.9. The third kappa shape index (κ3) is 5.55. The van der Waals surface area contributed by atoms with E-state index < -0.39 is 11.6 Å². The van der Waals surface area contributed by atoms with Gasteiger partial charge in [0.2, 0.25) is 5.82 Å². The standard InChI is InChI=1S/C24H27F2NO2/c1-2-3-14-28-21-11-8-19(9-12-21)18-6-4-17(5-7-18)16-29-22-13-10-20(15-27)23(25)24(22)26/h4-7,10,13,19,21H,2-3,8-9,11-12,14,16H2,1H3/t19-,21-. The van der Waals surface area contributed by atoms with Crippen LogP contribution in [0.5, 0.6) is 5.75 Å². The number of nitrogens with zero attached hydrogens (tertiary/aromatic N) is 1. The maximum absolute atomic E-state index is 13.9. The first kappa shape index (κ1) is 21.3. The summed E-state index contributed by atoms with van der Waals surface area (Å²) in [6.07, 6.45) is 7.14. The molecule has 3 nitrogen and oxygen atoms in total. The summed E-state index contributed by atoms with van der Waals surface area (Å²) in [5, 5.41) is 8.73. The van der Waals surface area contributed by atoms with Crippen LogP contribution in [0, 0.1) is 23.0 Å². The minimum Gasteiger partial charge on any atom is -0.486 e. The topological polar surface area (TPSA) is 42.2 Å². The lowest BCUT2D eigenvalue weighted by molar-refractivity contribution is 0.0232. The van der Waals surface area contributed by atoms with Crippen molar-refractivity contribution >= 4 is 0 Å². The average Bonchev–Trinajstić information content (AvgIpc) is 2.76. The number of unbranched alkanes of at least 4 members (excludes halogenated alkanes) is 1. The highest BCUT2D eigenvalue weighted by atomic mass is 19.2. The lowest BCUT2D eigenvalue weighted by Gasteiger charge is -2.29. The monoisotopic (exact) mass is 399 g/mol. The molecule has 5 heteroatoms. The van der Waals surface area contributed by atoms with Crippen LogP contribution < -0.4 is 4.74 Å². The molecule has 0 atom stereocenters. The Bertz CT molecular complexity index is 837. The second-order valence-corrected chi connectivity index (χ2v) is 7.58. The highest BCUT2D eigenvalue weighted by Crippen LogP contribution is 2.34. The van der Waals surface area contributed by atoms with Gasteiger partial charge in [-0.1, -0.05) is 37.6 Å². The number of hydrogen-bond donors (Lipinski definition) is 0. The van der Waals surface area contributed by atoms with Crippen LogP contribution in [-0.4, -0.2) is 12.7 Å². The van der Waals surface area contributed by atoms with Crippen LogP contribution in [0.2, 0.25) is 0 Å². The quantitative estimate of drug-likeness (QED) is 0.492. The van der Waals surface area contributed by atoms with Gasteiger partial charge in [0.15, 0.2) is 11.6 Å². The lowest BCUT2D eigenvalue weighted by Crippen LogP contribution is -2.21. The van der Waals surface area contributed by atoms with Gasteiger partial charge >= 0.3 is 0 Å². The van der Waals surface area contributed by atoms with Gasteiger partial charge in [-0.3, -0.25) is 0 Å². The van der Waals surface area contributed by atoms with Crippen molar-refractivity contribution in [2.75, 3.05) is 6.61 Å². The van der Waals surface area contributed by atoms with Crippen molar-refractivity contribution in [2.24, 2.45) is 0 Å². The fourth-order valence-electron chi connectivity index (χ4n) is 3.73. The molecule has 0 saturated heterocycles. The third-order valence-electron chi connectivity index (χ3n) is 5.54. The van der Waals surface area contributed by atoms with E-state index in [-0.39, 0.29) is 17.9 Å². The van der Waals surface area contributed by atoms with Crippen LogP contribution in [0.15, 0.2) is 36.4 Å². The minimum atomic E-state index is -1.17. The molecule has 0 heterocycles. The highest BCUT2D eigenvalue weighted by Gasteiger charge is 2.22. The zero-order valence-electron chi connectivity index (χ0n) is 16.8. The van der Waals surface area contributed by atoms with Crippen LogP contribution in [0.1, 0.15) is 68.1 Å². The summed E-state index contributed by atoms with van der Waals surface area (Å²) < 4.78 is 39.0. The van der Waals surface area contributed by atoms with E-state index in [9.17, 15) is 8.78 Å². The Morgan fingerprint density at radius 3 is 2.38 bits per heavy atom. The predicted molar refractivity (Wildman–Crippen MR) is 108 cm³/mol. The van der Waals surface area contributed by atoms with Gasteiger partial charge < -0.3 is 9.47 Å². The number of nitriles is 1. The van der Waals surface area contributed by atoms with Gasteiger partial charge in [0, 0.05) is 6.61 Å². The van der Waals surface area contributed by atoms with Gasteiger partial charge in [-0.25, -0.2) is 4.39 Å². The summed E-state index contributed by atoms with van der Waals surface area (Å²) in [7, 11) is 0. The smallest absolute Gasteiger partial charge is 0.202 e. The molecule has 1 aliphatic carbocycles. The number of hydrogen-bond acceptors (Lipinski definition) is 3. The molecule has 0 amide bonds. The van der Waals surface area contributed by atoms with E-state index >= 15 is 0 Å². The molecular formula is C24H27F2NO2. The summed E-state index contributed by atoms with van der Waals surface area (Å²) in [6.45, 7) is 3.18. The van der Waals surface area contributed by atoms with Gasteiger partial charge in [0.1, 0.15) is 12.7 Å². The van der Waals surface area contributed by atoms with Crippen molar-refractivity contribution in [3.8, 4) is 11.8 Å². The molecule has 0 radical (unpaired) electrons. The second-order valence-electron chi connectivity index (χ2n) is 7.58. The normalized spacial score (nSPS) is 19.0. The first-order chi connectivity index (χ1) is 14.1. The SMILES string of the molecule is CCCCO[C@H]1CC[C@H](c2ccc(COc3ccc(C#N)c(F)c3F)cc2)CC1. The summed E-state index contributed by atoms with van der Waals surface area (Å²) >= 11 is 0. The number of ether oxygens (including phenoxy) is 2. The fraction of sp³-hybridized carbons (Fsp3) is 0.458. The second kappa shape index (κ2) is 10.4. The molecule has 0 aromatic heterocycles. The lowest BCUT2D eigenvalue weighted by atomic mass is 9.82. The van der Waals surface area contributed by atoms with Gasteiger partial charge in [-0.15, -0.1) is 0 Å². The minimum absolute atomic E-state index is 0.139. The molecular weight excluding hydrogens is 372 g/mol. The van der Waals surface area contributed by atoms with Crippen molar-refractivity contribution < 1.29 is 18.3 Å². The van der Waals surface area contributed by atoms with Crippen molar-refractivity contribution in [3.63, 3.8) is 0 Å². The zero-order valence-corrected chi connectivity index (χ0v) is 16.8. The molecule has 3 rings (SSSR count). The molecule has 1 aliphatic rings. The van der Waals surface area contributed by atoms with E-state index in [4.69, 9.17) is 14.7 Å². The third-order valence-corrected chi connectivity index (χ3v) is 5.54. The maximum Gasteiger partial charge on any atom is 0.202 e. The van der Waals surface area contributed by atoms with Crippen molar-refractivity contribution in [1.82, 2.24) is 0 Å². The van der Waals surface area contributed by atoms with Crippen LogP contribution in [0.4, 0.5) is 8.78 Å². The molecule has 0 bridgehead atoms. The van der Waals surface area contributed by atoms with Crippen LogP contribution in [0.3, 0.4) is 0 Å². The Labute approximate surface area is 171 Å². The fourth-order valence-corrected chi connectivity index (χ4v) is 3.73. The molecule has 1 fully saturated rings. The van der Waals surface area contributed by atoms with Crippen LogP contribution in [-0.2, 0) is 11.3 Å². The molecule has 0 N–H and O–H groups in total.